The first-order chi connectivity index (χ1) is 10.2. The van der Waals surface area contributed by atoms with Crippen LogP contribution in [0.25, 0.3) is 0 Å². The molecule has 3 rings (SSSR count). The molecule has 3 nitrogen and oxygen atoms in total. The lowest BCUT2D eigenvalue weighted by atomic mass is 10.1. The molecule has 21 heavy (non-hydrogen) atoms. The van der Waals surface area contributed by atoms with E-state index < -0.39 is 0 Å². The van der Waals surface area contributed by atoms with Crippen LogP contribution in [0.1, 0.15) is 64.1 Å². The van der Waals surface area contributed by atoms with Crippen molar-refractivity contribution < 1.29 is 0 Å². The van der Waals surface area contributed by atoms with Gasteiger partial charge in [0.05, 0.1) is 0 Å². The number of anilines is 1. The fourth-order valence-electron chi connectivity index (χ4n) is 3.48. The Bertz CT molecular complexity index is 481. The molecule has 1 aromatic heterocycles. The number of nitrogens with one attached hydrogen (secondary N) is 1. The van der Waals surface area contributed by atoms with Crippen LogP contribution in [0.2, 0.25) is 0 Å². The number of aryl methyl sites for hydroxylation is 1. The number of rotatable bonds is 6. The van der Waals surface area contributed by atoms with E-state index in [1.54, 1.807) is 0 Å². The summed E-state index contributed by atoms with van der Waals surface area (Å²) in [5.41, 5.74) is 2.63. The highest BCUT2D eigenvalue weighted by atomic mass is 15.3. The van der Waals surface area contributed by atoms with Crippen molar-refractivity contribution in [3.63, 3.8) is 0 Å². The third-order valence-electron chi connectivity index (χ3n) is 4.98. The lowest BCUT2D eigenvalue weighted by Crippen LogP contribution is -2.35. The first kappa shape index (κ1) is 14.8. The van der Waals surface area contributed by atoms with Gasteiger partial charge in [-0.15, -0.1) is 0 Å². The van der Waals surface area contributed by atoms with Gasteiger partial charge in [-0.25, -0.2) is 4.98 Å². The van der Waals surface area contributed by atoms with Crippen molar-refractivity contribution >= 4 is 5.82 Å². The lowest BCUT2D eigenvalue weighted by Gasteiger charge is -2.30. The molecule has 0 bridgehead atoms. The van der Waals surface area contributed by atoms with Gasteiger partial charge in [0.15, 0.2) is 0 Å². The highest BCUT2D eigenvalue weighted by molar-refractivity contribution is 5.46. The summed E-state index contributed by atoms with van der Waals surface area (Å²) in [6.07, 6.45) is 7.54. The summed E-state index contributed by atoms with van der Waals surface area (Å²) in [5.74, 6) is 1.21. The molecule has 2 aliphatic rings. The molecule has 2 atom stereocenters. The summed E-state index contributed by atoms with van der Waals surface area (Å²) in [5, 5.41) is 3.63. The monoisotopic (exact) mass is 287 g/mol. The Labute approximate surface area is 129 Å². The van der Waals surface area contributed by atoms with Gasteiger partial charge in [-0.05, 0) is 63.1 Å². The summed E-state index contributed by atoms with van der Waals surface area (Å²) in [4.78, 5) is 7.49. The topological polar surface area (TPSA) is 28.2 Å². The first-order valence-electron chi connectivity index (χ1n) is 8.72. The molecule has 2 heterocycles. The smallest absolute Gasteiger partial charge is 0.129 e. The second-order valence-electron chi connectivity index (χ2n) is 6.73. The molecule has 1 aromatic rings. The van der Waals surface area contributed by atoms with Gasteiger partial charge in [0, 0.05) is 30.4 Å². The molecule has 3 heteroatoms. The maximum absolute atomic E-state index is 4.92. The fraction of sp³-hybridized carbons (Fsp3) is 0.722. The van der Waals surface area contributed by atoms with Gasteiger partial charge in [-0.2, -0.15) is 0 Å². The molecule has 1 saturated carbocycles. The van der Waals surface area contributed by atoms with E-state index in [0.29, 0.717) is 12.1 Å². The predicted molar refractivity (Wildman–Crippen MR) is 88.7 cm³/mol. The minimum atomic E-state index is 0.624. The Kier molecular flexibility index (Phi) is 4.48. The summed E-state index contributed by atoms with van der Waals surface area (Å²) in [7, 11) is 0. The van der Waals surface area contributed by atoms with Crippen molar-refractivity contribution in [2.75, 3.05) is 4.90 Å². The SMILES string of the molecule is CCc1cc(CNC2CC2)cc(N2C(C)CCC2CC)n1. The largest absolute Gasteiger partial charge is 0.351 e. The van der Waals surface area contributed by atoms with E-state index in [2.05, 4.69) is 43.1 Å². The van der Waals surface area contributed by atoms with Crippen molar-refractivity contribution in [3.05, 3.63) is 23.4 Å². The number of pyridine rings is 1. The zero-order valence-corrected chi connectivity index (χ0v) is 13.7. The zero-order valence-electron chi connectivity index (χ0n) is 13.7. The standard InChI is InChI=1S/C18H29N3/c1-4-15-10-14(12-19-16-7-8-16)11-18(20-15)21-13(3)6-9-17(21)5-2/h10-11,13,16-17,19H,4-9,12H2,1-3H3. The molecule has 1 aliphatic carbocycles. The van der Waals surface area contributed by atoms with Gasteiger partial charge in [0.1, 0.15) is 5.82 Å². The maximum atomic E-state index is 4.92. The molecule has 1 saturated heterocycles. The highest BCUT2D eigenvalue weighted by Crippen LogP contribution is 2.31. The normalized spacial score (nSPS) is 25.6. The Morgan fingerprint density at radius 2 is 2.00 bits per heavy atom. The summed E-state index contributed by atoms with van der Waals surface area (Å²) in [6, 6.07) is 6.66. The maximum Gasteiger partial charge on any atom is 0.129 e. The van der Waals surface area contributed by atoms with Crippen molar-refractivity contribution in [2.45, 2.75) is 84.0 Å². The summed E-state index contributed by atoms with van der Waals surface area (Å²) < 4.78 is 0. The van der Waals surface area contributed by atoms with Crippen LogP contribution in [0.15, 0.2) is 12.1 Å². The predicted octanol–water partition coefficient (Wildman–Crippen LogP) is 3.66. The van der Waals surface area contributed by atoms with Crippen molar-refractivity contribution in [3.8, 4) is 0 Å². The van der Waals surface area contributed by atoms with Crippen LogP contribution >= 0.6 is 0 Å². The van der Waals surface area contributed by atoms with E-state index in [4.69, 9.17) is 4.98 Å². The van der Waals surface area contributed by atoms with Crippen LogP contribution in [0.3, 0.4) is 0 Å². The minimum absolute atomic E-state index is 0.624. The van der Waals surface area contributed by atoms with Crippen LogP contribution in [-0.4, -0.2) is 23.1 Å². The van der Waals surface area contributed by atoms with E-state index >= 15 is 0 Å². The average molecular weight is 287 g/mol. The Morgan fingerprint density at radius 3 is 2.67 bits per heavy atom. The van der Waals surface area contributed by atoms with E-state index in [-0.39, 0.29) is 0 Å². The second kappa shape index (κ2) is 6.35. The number of aromatic nitrogens is 1. The molecule has 0 radical (unpaired) electrons. The quantitative estimate of drug-likeness (QED) is 0.865. The van der Waals surface area contributed by atoms with Crippen molar-refractivity contribution in [2.24, 2.45) is 0 Å². The third kappa shape index (κ3) is 3.39. The van der Waals surface area contributed by atoms with E-state index in [1.165, 1.54) is 49.2 Å². The Balaban J connectivity index is 1.83. The number of nitrogens with zero attached hydrogens (tertiary/aromatic N) is 2. The van der Waals surface area contributed by atoms with E-state index in [0.717, 1.165) is 19.0 Å². The molecule has 2 unspecified atom stereocenters. The van der Waals surface area contributed by atoms with Gasteiger partial charge >= 0.3 is 0 Å². The number of hydrogen-bond acceptors (Lipinski definition) is 3. The van der Waals surface area contributed by atoms with Crippen LogP contribution in [0.5, 0.6) is 0 Å². The van der Waals surface area contributed by atoms with Gasteiger partial charge in [-0.1, -0.05) is 13.8 Å². The van der Waals surface area contributed by atoms with Crippen LogP contribution in [0, 0.1) is 0 Å². The average Bonchev–Trinajstić information content (AvgIpc) is 3.26. The zero-order chi connectivity index (χ0) is 14.8. The fourth-order valence-corrected chi connectivity index (χ4v) is 3.48. The molecule has 116 valence electrons. The van der Waals surface area contributed by atoms with Crippen LogP contribution in [0.4, 0.5) is 5.82 Å². The first-order valence-corrected chi connectivity index (χ1v) is 8.72. The van der Waals surface area contributed by atoms with Crippen LogP contribution < -0.4 is 10.2 Å². The molecule has 0 aromatic carbocycles. The minimum Gasteiger partial charge on any atom is -0.351 e. The van der Waals surface area contributed by atoms with E-state index in [9.17, 15) is 0 Å². The highest BCUT2D eigenvalue weighted by Gasteiger charge is 2.30. The van der Waals surface area contributed by atoms with Crippen molar-refractivity contribution in [1.82, 2.24) is 10.3 Å². The molecule has 1 N–H and O–H groups in total. The van der Waals surface area contributed by atoms with E-state index in [1.807, 2.05) is 0 Å². The summed E-state index contributed by atoms with van der Waals surface area (Å²) in [6.45, 7) is 7.84. The third-order valence-corrected chi connectivity index (χ3v) is 4.98. The molecule has 0 amide bonds. The van der Waals surface area contributed by atoms with Crippen molar-refractivity contribution in [1.29, 1.82) is 0 Å². The van der Waals surface area contributed by atoms with Gasteiger partial charge < -0.3 is 10.2 Å². The second-order valence-corrected chi connectivity index (χ2v) is 6.73. The van der Waals surface area contributed by atoms with Gasteiger partial charge in [0.2, 0.25) is 0 Å². The van der Waals surface area contributed by atoms with Crippen LogP contribution in [-0.2, 0) is 13.0 Å². The molecular formula is C18H29N3. The lowest BCUT2D eigenvalue weighted by molar-refractivity contribution is 0.618. The summed E-state index contributed by atoms with van der Waals surface area (Å²) >= 11 is 0. The molecule has 2 fully saturated rings. The van der Waals surface area contributed by atoms with Gasteiger partial charge in [-0.3, -0.25) is 0 Å². The molecular weight excluding hydrogens is 258 g/mol. The molecule has 0 spiro atoms. The number of hydrogen-bond donors (Lipinski definition) is 1. The Morgan fingerprint density at radius 1 is 1.19 bits per heavy atom. The van der Waals surface area contributed by atoms with Gasteiger partial charge in [0.25, 0.3) is 0 Å². The Hall–Kier alpha value is -1.09. The molecule has 1 aliphatic heterocycles.